The highest BCUT2D eigenvalue weighted by atomic mass is 79.9. The van der Waals surface area contributed by atoms with Crippen LogP contribution in [0, 0.1) is 0 Å². The van der Waals surface area contributed by atoms with Crippen LogP contribution in [0.2, 0.25) is 0 Å². The Morgan fingerprint density at radius 1 is 1.50 bits per heavy atom. The maximum absolute atomic E-state index is 13.9. The molecule has 1 aromatic carbocycles. The summed E-state index contributed by atoms with van der Waals surface area (Å²) < 4.78 is 42.7. The van der Waals surface area contributed by atoms with Crippen molar-refractivity contribution in [2.24, 2.45) is 5.73 Å². The number of carbonyl (C=O) groups excluding carboxylic acids is 1. The van der Waals surface area contributed by atoms with Crippen molar-refractivity contribution >= 4 is 21.9 Å². The summed E-state index contributed by atoms with van der Waals surface area (Å²) in [6.45, 7) is 1.30. The molecule has 0 amide bonds. The Morgan fingerprint density at radius 2 is 2.10 bits per heavy atom. The number of benzene rings is 1. The number of carbonyl (C=O) groups is 1. The molecular weight excluding hydrogens is 340 g/mol. The fraction of sp³-hybridized carbons (Fsp3) is 0.417. The van der Waals surface area contributed by atoms with Crippen molar-refractivity contribution < 1.29 is 27.8 Å². The highest BCUT2D eigenvalue weighted by Crippen LogP contribution is 2.42. The lowest BCUT2D eigenvalue weighted by atomic mass is 10.0. The zero-order chi connectivity index (χ0) is 14.9. The maximum atomic E-state index is 13.9. The quantitative estimate of drug-likeness (QED) is 0.843. The smallest absolute Gasteiger partial charge is 0.379 e. The molecule has 0 saturated heterocycles. The number of rotatable bonds is 4. The van der Waals surface area contributed by atoms with E-state index in [0.717, 1.165) is 0 Å². The highest BCUT2D eigenvalue weighted by molar-refractivity contribution is 9.10. The van der Waals surface area contributed by atoms with E-state index >= 15 is 0 Å². The van der Waals surface area contributed by atoms with Crippen LogP contribution in [0.5, 0.6) is 11.5 Å². The number of hydrogen-bond donors (Lipinski definition) is 1. The largest absolute Gasteiger partial charge is 0.462 e. The van der Waals surface area contributed by atoms with Crippen molar-refractivity contribution in [3.63, 3.8) is 0 Å². The second kappa shape index (κ2) is 5.53. The predicted molar refractivity (Wildman–Crippen MR) is 68.8 cm³/mol. The Labute approximate surface area is 122 Å². The number of nitrogens with two attached hydrogens (primary N) is 1. The summed E-state index contributed by atoms with van der Waals surface area (Å²) in [6, 6.07) is 0.939. The summed E-state index contributed by atoms with van der Waals surface area (Å²) in [7, 11) is 0. The van der Waals surface area contributed by atoms with Crippen LogP contribution in [0.1, 0.15) is 18.5 Å². The van der Waals surface area contributed by atoms with Crippen LogP contribution in [0.25, 0.3) is 0 Å². The van der Waals surface area contributed by atoms with Gasteiger partial charge in [0.15, 0.2) is 11.5 Å². The summed E-state index contributed by atoms with van der Waals surface area (Å²) in [4.78, 5) is 11.3. The van der Waals surface area contributed by atoms with E-state index in [1.165, 1.54) is 19.1 Å². The molecule has 1 aliphatic rings. The number of esters is 1. The van der Waals surface area contributed by atoms with Gasteiger partial charge < -0.3 is 19.9 Å². The van der Waals surface area contributed by atoms with E-state index in [4.69, 9.17) is 15.2 Å². The second-order valence-corrected chi connectivity index (χ2v) is 4.90. The van der Waals surface area contributed by atoms with Gasteiger partial charge in [-0.05, 0) is 24.6 Å². The first kappa shape index (κ1) is 15.0. The third kappa shape index (κ3) is 2.57. The van der Waals surface area contributed by atoms with Crippen LogP contribution in [0.3, 0.4) is 0 Å². The fourth-order valence-electron chi connectivity index (χ4n) is 1.72. The lowest BCUT2D eigenvalue weighted by Crippen LogP contribution is -2.41. The average molecular weight is 352 g/mol. The summed E-state index contributed by atoms with van der Waals surface area (Å²) in [5.41, 5.74) is 5.56. The molecule has 1 aromatic rings. The molecule has 0 bridgehead atoms. The molecule has 2 N–H and O–H groups in total. The molecule has 0 saturated carbocycles. The van der Waals surface area contributed by atoms with E-state index in [-0.39, 0.29) is 19.0 Å². The molecule has 0 unspecified atom stereocenters. The lowest BCUT2D eigenvalue weighted by Gasteiger charge is -2.23. The maximum Gasteiger partial charge on any atom is 0.379 e. The van der Waals surface area contributed by atoms with Crippen LogP contribution in [-0.4, -0.2) is 25.3 Å². The first-order valence-corrected chi connectivity index (χ1v) is 6.56. The van der Waals surface area contributed by atoms with Crippen molar-refractivity contribution in [1.29, 1.82) is 0 Å². The Hall–Kier alpha value is -1.41. The van der Waals surface area contributed by atoms with E-state index in [1.54, 1.807) is 0 Å². The van der Waals surface area contributed by atoms with Crippen LogP contribution < -0.4 is 15.2 Å². The van der Waals surface area contributed by atoms with Gasteiger partial charge in [0.1, 0.15) is 6.04 Å². The zero-order valence-corrected chi connectivity index (χ0v) is 12.1. The molecule has 1 atom stereocenters. The number of fused-ring (bicyclic) bond motifs is 1. The van der Waals surface area contributed by atoms with E-state index < -0.39 is 17.9 Å². The normalized spacial score (nSPS) is 15.1. The number of alkyl halides is 2. The van der Waals surface area contributed by atoms with Crippen LogP contribution in [0.4, 0.5) is 8.78 Å². The SMILES string of the molecule is CCOC(=O)C(F)(F)[C@@H](N)c1cc2c(cc1Br)OCO2. The zero-order valence-electron chi connectivity index (χ0n) is 10.5. The Balaban J connectivity index is 2.33. The van der Waals surface area contributed by atoms with Crippen molar-refractivity contribution in [2.75, 3.05) is 13.4 Å². The molecule has 0 aromatic heterocycles. The van der Waals surface area contributed by atoms with Gasteiger partial charge in [-0.1, -0.05) is 15.9 Å². The number of hydrogen-bond acceptors (Lipinski definition) is 5. The molecule has 5 nitrogen and oxygen atoms in total. The van der Waals surface area contributed by atoms with Gasteiger partial charge in [0, 0.05) is 4.47 Å². The van der Waals surface area contributed by atoms with Crippen LogP contribution in [0.15, 0.2) is 16.6 Å². The summed E-state index contributed by atoms with van der Waals surface area (Å²) in [5, 5.41) is 0. The summed E-state index contributed by atoms with van der Waals surface area (Å²) in [6.07, 6.45) is 0. The van der Waals surface area contributed by atoms with Crippen LogP contribution in [-0.2, 0) is 9.53 Å². The van der Waals surface area contributed by atoms with Gasteiger partial charge >= 0.3 is 11.9 Å². The minimum absolute atomic E-state index is 0.00866. The van der Waals surface area contributed by atoms with E-state index in [1.807, 2.05) is 0 Å². The average Bonchev–Trinajstić information content (AvgIpc) is 2.84. The minimum Gasteiger partial charge on any atom is -0.462 e. The monoisotopic (exact) mass is 351 g/mol. The van der Waals surface area contributed by atoms with E-state index in [0.29, 0.717) is 16.0 Å². The summed E-state index contributed by atoms with van der Waals surface area (Å²) in [5.74, 6) is -4.77. The van der Waals surface area contributed by atoms with E-state index in [9.17, 15) is 13.6 Å². The van der Waals surface area contributed by atoms with Gasteiger partial charge in [-0.2, -0.15) is 8.78 Å². The van der Waals surface area contributed by atoms with Crippen molar-refractivity contribution in [3.05, 3.63) is 22.2 Å². The highest BCUT2D eigenvalue weighted by Gasteiger charge is 2.48. The Bertz CT molecular complexity index is 538. The molecule has 0 radical (unpaired) electrons. The molecule has 1 heterocycles. The van der Waals surface area contributed by atoms with Gasteiger partial charge in [-0.25, -0.2) is 4.79 Å². The number of ether oxygens (including phenoxy) is 3. The third-order valence-corrected chi connectivity index (χ3v) is 3.45. The Morgan fingerprint density at radius 3 is 2.70 bits per heavy atom. The van der Waals surface area contributed by atoms with Gasteiger partial charge in [-0.3, -0.25) is 0 Å². The summed E-state index contributed by atoms with van der Waals surface area (Å²) >= 11 is 3.13. The van der Waals surface area contributed by atoms with E-state index in [2.05, 4.69) is 20.7 Å². The molecular formula is C12H12BrF2NO4. The molecule has 0 fully saturated rings. The minimum atomic E-state index is -3.84. The molecule has 0 spiro atoms. The Kier molecular flexibility index (Phi) is 4.14. The van der Waals surface area contributed by atoms with Gasteiger partial charge in [0.05, 0.1) is 6.61 Å². The standard InChI is InChI=1S/C12H12BrF2NO4/c1-2-18-11(17)12(14,15)10(16)6-3-8-9(4-7(6)13)20-5-19-8/h3-4,10H,2,5,16H2,1H3/t10-/m0/s1. The van der Waals surface area contributed by atoms with Gasteiger partial charge in [-0.15, -0.1) is 0 Å². The molecule has 20 heavy (non-hydrogen) atoms. The third-order valence-electron chi connectivity index (χ3n) is 2.77. The fourth-order valence-corrected chi connectivity index (χ4v) is 2.29. The van der Waals surface area contributed by atoms with Crippen molar-refractivity contribution in [1.82, 2.24) is 0 Å². The van der Waals surface area contributed by atoms with Crippen molar-refractivity contribution in [3.8, 4) is 11.5 Å². The second-order valence-electron chi connectivity index (χ2n) is 4.05. The number of halogens is 3. The predicted octanol–water partition coefficient (Wildman–Crippen LogP) is 2.38. The first-order chi connectivity index (χ1) is 9.37. The molecule has 110 valence electrons. The molecule has 1 aliphatic heterocycles. The van der Waals surface area contributed by atoms with Gasteiger partial charge in [0.2, 0.25) is 6.79 Å². The lowest BCUT2D eigenvalue weighted by molar-refractivity contribution is -0.174. The van der Waals surface area contributed by atoms with Crippen LogP contribution >= 0.6 is 15.9 Å². The first-order valence-electron chi connectivity index (χ1n) is 5.77. The topological polar surface area (TPSA) is 70.8 Å². The molecule has 2 rings (SSSR count). The van der Waals surface area contributed by atoms with Gasteiger partial charge in [0.25, 0.3) is 0 Å². The molecule has 8 heteroatoms. The van der Waals surface area contributed by atoms with Crippen molar-refractivity contribution in [2.45, 2.75) is 18.9 Å². The molecule has 0 aliphatic carbocycles.